The van der Waals surface area contributed by atoms with E-state index in [1.165, 1.54) is 19.8 Å². The van der Waals surface area contributed by atoms with Crippen LogP contribution in [0.3, 0.4) is 0 Å². The molecular weight excluding hydrogens is 453 g/mol. The number of carbonyl (C=O) groups is 1. The summed E-state index contributed by atoms with van der Waals surface area (Å²) in [4.78, 5) is 16.6. The number of hydrogen-bond acceptors (Lipinski definition) is 4. The number of alkyl halides is 3. The van der Waals surface area contributed by atoms with Gasteiger partial charge >= 0.3 is 6.18 Å². The topological polar surface area (TPSA) is 79.3 Å². The number of aliphatic hydroxyl groups excluding tert-OH is 1. The second-order valence-corrected chi connectivity index (χ2v) is 12.0. The van der Waals surface area contributed by atoms with Crippen LogP contribution in [0.15, 0.2) is 12.1 Å². The normalized spacial score (nSPS) is 27.7. The zero-order valence-corrected chi connectivity index (χ0v) is 19.8. The van der Waals surface area contributed by atoms with E-state index in [-0.39, 0.29) is 28.5 Å². The van der Waals surface area contributed by atoms with Crippen molar-refractivity contribution in [1.29, 1.82) is 0 Å². The first kappa shape index (κ1) is 24.6. The molecule has 0 saturated heterocycles. The second-order valence-electron chi connectivity index (χ2n) is 10.2. The van der Waals surface area contributed by atoms with Gasteiger partial charge in [-0.15, -0.1) is 0 Å². The van der Waals surface area contributed by atoms with Crippen LogP contribution in [0.5, 0.6) is 0 Å². The fraction of sp³-hybridized carbons (Fsp3) is 0.750. The van der Waals surface area contributed by atoms with Crippen molar-refractivity contribution in [2.75, 3.05) is 12.4 Å². The Balaban J connectivity index is 1.46. The molecule has 1 aromatic heterocycles. The average Bonchev–Trinajstić information content (AvgIpc) is 3.69. The van der Waals surface area contributed by atoms with Crippen LogP contribution in [0, 0.1) is 24.2 Å². The summed E-state index contributed by atoms with van der Waals surface area (Å²) in [5.74, 6) is 1.48. The maximum Gasteiger partial charge on any atom is 0.433 e. The van der Waals surface area contributed by atoms with Crippen LogP contribution < -0.4 is 5.32 Å². The van der Waals surface area contributed by atoms with Crippen molar-refractivity contribution in [2.24, 2.45) is 17.3 Å². The minimum atomic E-state index is -4.57. The van der Waals surface area contributed by atoms with Gasteiger partial charge in [0.1, 0.15) is 5.69 Å². The second kappa shape index (κ2) is 9.64. The molecule has 0 bridgehead atoms. The number of nitrogens with zero attached hydrogens (tertiary/aromatic N) is 1. The first-order chi connectivity index (χ1) is 15.6. The van der Waals surface area contributed by atoms with E-state index in [1.807, 2.05) is 0 Å². The van der Waals surface area contributed by atoms with Gasteiger partial charge in [-0.3, -0.25) is 9.00 Å². The average molecular weight is 487 g/mol. The third kappa shape index (κ3) is 5.96. The summed E-state index contributed by atoms with van der Waals surface area (Å²) >= 11 is 0. The van der Waals surface area contributed by atoms with Crippen molar-refractivity contribution < 1.29 is 27.3 Å². The highest BCUT2D eigenvalue weighted by atomic mass is 32.2. The predicted octanol–water partition coefficient (Wildman–Crippen LogP) is 4.39. The van der Waals surface area contributed by atoms with Crippen LogP contribution in [-0.4, -0.2) is 43.9 Å². The van der Waals surface area contributed by atoms with Crippen molar-refractivity contribution >= 4 is 16.7 Å². The molecule has 33 heavy (non-hydrogen) atoms. The first-order valence-corrected chi connectivity index (χ1v) is 13.3. The molecule has 2 unspecified atom stereocenters. The minimum absolute atomic E-state index is 0.00874. The molecule has 4 rings (SSSR count). The lowest BCUT2D eigenvalue weighted by atomic mass is 9.66. The highest BCUT2D eigenvalue weighted by molar-refractivity contribution is 7.85. The Morgan fingerprint density at radius 1 is 1.18 bits per heavy atom. The molecule has 1 aromatic rings. The van der Waals surface area contributed by atoms with Crippen LogP contribution in [0.25, 0.3) is 0 Å². The van der Waals surface area contributed by atoms with Gasteiger partial charge in [-0.1, -0.05) is 12.8 Å². The smallest absolute Gasteiger partial charge is 0.394 e. The summed E-state index contributed by atoms with van der Waals surface area (Å²) in [5.41, 5.74) is -1.21. The summed E-state index contributed by atoms with van der Waals surface area (Å²) in [6.45, 7) is 1.15. The zero-order valence-electron chi connectivity index (χ0n) is 19.0. The molecule has 3 aliphatic carbocycles. The predicted molar refractivity (Wildman–Crippen MR) is 120 cm³/mol. The highest BCUT2D eigenvalue weighted by Gasteiger charge is 2.46. The molecule has 1 heterocycles. The number of carbonyl (C=O) groups excluding carboxylic acids is 1. The van der Waals surface area contributed by atoms with E-state index in [4.69, 9.17) is 0 Å². The van der Waals surface area contributed by atoms with Crippen LogP contribution >= 0.6 is 0 Å². The first-order valence-electron chi connectivity index (χ1n) is 11.9. The summed E-state index contributed by atoms with van der Waals surface area (Å²) < 4.78 is 51.5. The lowest BCUT2D eigenvalue weighted by Crippen LogP contribution is -2.52. The van der Waals surface area contributed by atoms with Gasteiger partial charge in [-0.05, 0) is 81.3 Å². The molecule has 3 fully saturated rings. The quantitative estimate of drug-likeness (QED) is 0.543. The van der Waals surface area contributed by atoms with Gasteiger partial charge in [0.05, 0.1) is 23.9 Å². The van der Waals surface area contributed by atoms with Crippen LogP contribution in [-0.2, 0) is 17.0 Å². The standard InChI is InChI=1S/C24H33F3N2O3S/c1-15-19(6-7-20(28-15)24(25,26)27)22(31)29-21(13-30)23(12-16-2-3-16)10-8-18(9-11-23)33(32)14-17-4-5-17/h6-7,16-18,21,30H,2-5,8-14H2,1H3,(H,29,31). The van der Waals surface area contributed by atoms with Gasteiger partial charge in [-0.25, -0.2) is 4.98 Å². The molecule has 3 aliphatic rings. The van der Waals surface area contributed by atoms with Gasteiger partial charge in [-0.2, -0.15) is 13.2 Å². The Morgan fingerprint density at radius 2 is 1.82 bits per heavy atom. The number of pyridine rings is 1. The minimum Gasteiger partial charge on any atom is -0.394 e. The lowest BCUT2D eigenvalue weighted by Gasteiger charge is -2.45. The summed E-state index contributed by atoms with van der Waals surface area (Å²) in [6.07, 6.45) is 4.21. The maximum absolute atomic E-state index is 13.0. The van der Waals surface area contributed by atoms with Crippen molar-refractivity contribution in [1.82, 2.24) is 10.3 Å². The van der Waals surface area contributed by atoms with E-state index < -0.39 is 34.6 Å². The molecule has 2 N–H and O–H groups in total. The summed E-state index contributed by atoms with van der Waals surface area (Å²) in [5, 5.41) is 13.4. The number of rotatable bonds is 9. The van der Waals surface area contributed by atoms with Gasteiger partial charge < -0.3 is 10.4 Å². The number of nitrogens with one attached hydrogen (secondary N) is 1. The largest absolute Gasteiger partial charge is 0.433 e. The number of amides is 1. The Kier molecular flexibility index (Phi) is 7.20. The summed E-state index contributed by atoms with van der Waals surface area (Å²) in [6, 6.07) is 1.47. The zero-order chi connectivity index (χ0) is 23.8. The number of aromatic nitrogens is 1. The lowest BCUT2D eigenvalue weighted by molar-refractivity contribution is -0.141. The molecule has 0 aliphatic heterocycles. The number of aliphatic hydroxyl groups is 1. The Bertz CT molecular complexity index is 891. The van der Waals surface area contributed by atoms with Crippen molar-refractivity contribution in [3.8, 4) is 0 Å². The summed E-state index contributed by atoms with van der Waals surface area (Å²) in [7, 11) is -0.823. The van der Waals surface area contributed by atoms with E-state index >= 15 is 0 Å². The van der Waals surface area contributed by atoms with Gasteiger partial charge in [0.15, 0.2) is 0 Å². The Hall–Kier alpha value is -1.48. The van der Waals surface area contributed by atoms with E-state index in [0.29, 0.717) is 11.8 Å². The Labute approximate surface area is 195 Å². The van der Waals surface area contributed by atoms with Gasteiger partial charge in [0.25, 0.3) is 5.91 Å². The molecule has 3 saturated carbocycles. The van der Waals surface area contributed by atoms with E-state index in [9.17, 15) is 27.3 Å². The number of aryl methyl sites for hydroxylation is 1. The molecule has 9 heteroatoms. The molecule has 2 atom stereocenters. The molecule has 0 spiro atoms. The highest BCUT2D eigenvalue weighted by Crippen LogP contribution is 2.50. The maximum atomic E-state index is 13.0. The molecule has 184 valence electrons. The van der Waals surface area contributed by atoms with Crippen LogP contribution in [0.2, 0.25) is 0 Å². The Morgan fingerprint density at radius 3 is 2.33 bits per heavy atom. The van der Waals surface area contributed by atoms with Crippen LogP contribution in [0.1, 0.15) is 79.5 Å². The number of halogens is 3. The SMILES string of the molecule is Cc1nc(C(F)(F)F)ccc1C(=O)NC(CO)C1(CC2CC2)CCC(S(=O)CC2CC2)CC1. The van der Waals surface area contributed by atoms with Crippen molar-refractivity contribution in [3.05, 3.63) is 29.1 Å². The molecular formula is C24H33F3N2O3S. The molecule has 1 amide bonds. The molecule has 0 radical (unpaired) electrons. The monoisotopic (exact) mass is 486 g/mol. The van der Waals surface area contributed by atoms with Gasteiger partial charge in [0, 0.05) is 21.8 Å². The van der Waals surface area contributed by atoms with Crippen LogP contribution in [0.4, 0.5) is 13.2 Å². The fourth-order valence-corrected chi connectivity index (χ4v) is 7.09. The fourth-order valence-electron chi connectivity index (χ4n) is 5.26. The van der Waals surface area contributed by atoms with Crippen molar-refractivity contribution in [2.45, 2.75) is 82.2 Å². The van der Waals surface area contributed by atoms with Gasteiger partial charge in [0.2, 0.25) is 0 Å². The van der Waals surface area contributed by atoms with E-state index in [1.54, 1.807) is 0 Å². The third-order valence-electron chi connectivity index (χ3n) is 7.64. The van der Waals surface area contributed by atoms with E-state index in [2.05, 4.69) is 10.3 Å². The van der Waals surface area contributed by atoms with E-state index in [0.717, 1.165) is 62.8 Å². The number of hydrogen-bond donors (Lipinski definition) is 2. The van der Waals surface area contributed by atoms with Crippen molar-refractivity contribution in [3.63, 3.8) is 0 Å². The molecule has 5 nitrogen and oxygen atoms in total. The third-order valence-corrected chi connectivity index (χ3v) is 9.65. The molecule has 0 aromatic carbocycles.